The molecule has 0 atom stereocenters. The Kier molecular flexibility index (Phi) is 5.41. The molecular weight excluding hydrogens is 368 g/mol. The van der Waals surface area contributed by atoms with Crippen LogP contribution in [0.2, 0.25) is 0 Å². The van der Waals surface area contributed by atoms with Crippen LogP contribution in [0.25, 0.3) is 11.4 Å². The summed E-state index contributed by atoms with van der Waals surface area (Å²) in [5.41, 5.74) is 2.60. The summed E-state index contributed by atoms with van der Waals surface area (Å²) in [5.74, 6) is 1.55. The smallest absolute Gasteiger partial charge is 0.319 e. The number of carbonyl (C=O) groups excluding carboxylic acids is 1. The first-order chi connectivity index (χ1) is 14.1. The van der Waals surface area contributed by atoms with E-state index in [0.717, 1.165) is 35.5 Å². The summed E-state index contributed by atoms with van der Waals surface area (Å²) < 4.78 is 7.55. The van der Waals surface area contributed by atoms with Crippen LogP contribution in [0, 0.1) is 0 Å². The van der Waals surface area contributed by atoms with Gasteiger partial charge in [-0.15, -0.1) is 5.10 Å². The lowest BCUT2D eigenvalue weighted by molar-refractivity contribution is 0.242. The van der Waals surface area contributed by atoms with Gasteiger partial charge >= 0.3 is 6.03 Å². The third kappa shape index (κ3) is 4.90. The maximum absolute atomic E-state index is 12.2. The van der Waals surface area contributed by atoms with E-state index in [1.807, 2.05) is 67.1 Å². The highest BCUT2D eigenvalue weighted by Crippen LogP contribution is 2.36. The topological polar surface area (TPSA) is 94.0 Å². The Balaban J connectivity index is 1.32. The summed E-state index contributed by atoms with van der Waals surface area (Å²) >= 11 is 0. The molecule has 1 aliphatic carbocycles. The first kappa shape index (κ1) is 18.9. The zero-order valence-electron chi connectivity index (χ0n) is 16.5. The number of benzene rings is 2. The summed E-state index contributed by atoms with van der Waals surface area (Å²) in [6.07, 6.45) is 2.34. The molecule has 0 unspecified atom stereocenters. The van der Waals surface area contributed by atoms with Crippen molar-refractivity contribution in [2.24, 2.45) is 0 Å². The number of anilines is 1. The predicted octanol–water partition coefficient (Wildman–Crippen LogP) is 3.78. The second-order valence-electron chi connectivity index (χ2n) is 7.38. The molecule has 1 saturated carbocycles. The molecule has 0 radical (unpaired) electrons. The average Bonchev–Trinajstić information content (AvgIpc) is 3.43. The van der Waals surface area contributed by atoms with Gasteiger partial charge in [-0.2, -0.15) is 0 Å². The number of tetrazole rings is 1. The van der Waals surface area contributed by atoms with Crippen molar-refractivity contribution >= 4 is 11.7 Å². The lowest BCUT2D eigenvalue weighted by Gasteiger charge is -2.12. The van der Waals surface area contributed by atoms with E-state index in [1.165, 1.54) is 0 Å². The second-order valence-corrected chi connectivity index (χ2v) is 7.38. The van der Waals surface area contributed by atoms with E-state index in [9.17, 15) is 4.79 Å². The molecule has 4 rings (SSSR count). The first-order valence-electron chi connectivity index (χ1n) is 9.77. The molecule has 29 heavy (non-hydrogen) atoms. The summed E-state index contributed by atoms with van der Waals surface area (Å²) in [4.78, 5) is 12.2. The molecule has 0 aliphatic heterocycles. The van der Waals surface area contributed by atoms with Gasteiger partial charge in [-0.05, 0) is 79.1 Å². The van der Waals surface area contributed by atoms with Crippen molar-refractivity contribution in [2.75, 3.05) is 5.32 Å². The van der Waals surface area contributed by atoms with Gasteiger partial charge in [-0.25, -0.2) is 9.48 Å². The van der Waals surface area contributed by atoms with Crippen LogP contribution >= 0.6 is 0 Å². The van der Waals surface area contributed by atoms with Crippen LogP contribution in [0.1, 0.15) is 38.3 Å². The van der Waals surface area contributed by atoms with Gasteiger partial charge in [0.25, 0.3) is 0 Å². The molecular formula is C21H24N6O2. The average molecular weight is 392 g/mol. The highest BCUT2D eigenvalue weighted by molar-refractivity contribution is 5.89. The highest BCUT2D eigenvalue weighted by atomic mass is 16.5. The molecule has 1 aromatic heterocycles. The van der Waals surface area contributed by atoms with E-state index in [4.69, 9.17) is 4.74 Å². The summed E-state index contributed by atoms with van der Waals surface area (Å²) in [6.45, 7) is 4.38. The SMILES string of the molecule is CC(C)Oc1cccc(CNC(=O)Nc2ccc(-c3nnnn3C3CC3)cc2)c1. The maximum Gasteiger partial charge on any atom is 0.319 e. The standard InChI is InChI=1S/C21H24N6O2/c1-14(2)29-19-5-3-4-15(12-19)13-22-21(28)23-17-8-6-16(7-9-17)20-24-25-26-27(20)18-10-11-18/h3-9,12,14,18H,10-11,13H2,1-2H3,(H2,22,23,28). The quantitative estimate of drug-likeness (QED) is 0.638. The second kappa shape index (κ2) is 8.30. The number of amides is 2. The van der Waals surface area contributed by atoms with Gasteiger partial charge in [0.05, 0.1) is 12.1 Å². The number of hydrogen-bond acceptors (Lipinski definition) is 5. The molecule has 8 heteroatoms. The zero-order valence-corrected chi connectivity index (χ0v) is 16.5. The summed E-state index contributed by atoms with van der Waals surface area (Å²) in [6, 6.07) is 15.4. The van der Waals surface area contributed by atoms with Crippen LogP contribution in [-0.2, 0) is 6.54 Å². The number of hydrogen-bond donors (Lipinski definition) is 2. The molecule has 0 saturated heterocycles. The molecule has 0 bridgehead atoms. The number of rotatable bonds is 7. The normalized spacial score (nSPS) is 13.3. The Bertz CT molecular complexity index is 979. The van der Waals surface area contributed by atoms with Gasteiger partial charge in [0.15, 0.2) is 5.82 Å². The number of ether oxygens (including phenoxy) is 1. The molecule has 8 nitrogen and oxygen atoms in total. The van der Waals surface area contributed by atoms with Crippen molar-refractivity contribution in [3.8, 4) is 17.1 Å². The fourth-order valence-electron chi connectivity index (χ4n) is 3.01. The van der Waals surface area contributed by atoms with Crippen molar-refractivity contribution in [3.63, 3.8) is 0 Å². The fourth-order valence-corrected chi connectivity index (χ4v) is 3.01. The third-order valence-electron chi connectivity index (χ3n) is 4.51. The number of aromatic nitrogens is 4. The van der Waals surface area contributed by atoms with Crippen LogP contribution in [0.4, 0.5) is 10.5 Å². The van der Waals surface area contributed by atoms with Gasteiger partial charge in [-0.3, -0.25) is 0 Å². The number of nitrogens with zero attached hydrogens (tertiary/aromatic N) is 4. The third-order valence-corrected chi connectivity index (χ3v) is 4.51. The molecule has 2 amide bonds. The van der Waals surface area contributed by atoms with Crippen molar-refractivity contribution in [3.05, 3.63) is 54.1 Å². The lowest BCUT2D eigenvalue weighted by Crippen LogP contribution is -2.28. The largest absolute Gasteiger partial charge is 0.491 e. The molecule has 1 fully saturated rings. The van der Waals surface area contributed by atoms with Gasteiger partial charge in [-0.1, -0.05) is 12.1 Å². The van der Waals surface area contributed by atoms with E-state index < -0.39 is 0 Å². The Labute approximate surface area is 169 Å². The maximum atomic E-state index is 12.2. The Morgan fingerprint density at radius 3 is 2.72 bits per heavy atom. The van der Waals surface area contributed by atoms with E-state index >= 15 is 0 Å². The molecule has 2 aromatic carbocycles. The van der Waals surface area contributed by atoms with Crippen LogP contribution in [0.15, 0.2) is 48.5 Å². The van der Waals surface area contributed by atoms with Crippen LogP contribution < -0.4 is 15.4 Å². The van der Waals surface area contributed by atoms with E-state index in [0.29, 0.717) is 18.3 Å². The molecule has 2 N–H and O–H groups in total. The predicted molar refractivity (Wildman–Crippen MR) is 110 cm³/mol. The van der Waals surface area contributed by atoms with Gasteiger partial charge in [0.2, 0.25) is 0 Å². The molecule has 1 aliphatic rings. The minimum absolute atomic E-state index is 0.110. The zero-order chi connectivity index (χ0) is 20.2. The van der Waals surface area contributed by atoms with Crippen LogP contribution in [0.3, 0.4) is 0 Å². The monoisotopic (exact) mass is 392 g/mol. The number of nitrogens with one attached hydrogen (secondary N) is 2. The van der Waals surface area contributed by atoms with Gasteiger partial charge < -0.3 is 15.4 Å². The highest BCUT2D eigenvalue weighted by Gasteiger charge is 2.28. The van der Waals surface area contributed by atoms with Crippen LogP contribution in [0.5, 0.6) is 5.75 Å². The molecule has 0 spiro atoms. The van der Waals surface area contributed by atoms with Gasteiger partial charge in [0.1, 0.15) is 5.75 Å². The Morgan fingerprint density at radius 1 is 1.21 bits per heavy atom. The first-order valence-corrected chi connectivity index (χ1v) is 9.77. The molecule has 150 valence electrons. The van der Waals surface area contributed by atoms with Crippen molar-refractivity contribution in [1.82, 2.24) is 25.5 Å². The minimum Gasteiger partial charge on any atom is -0.491 e. The Morgan fingerprint density at radius 2 is 2.00 bits per heavy atom. The number of urea groups is 1. The van der Waals surface area contributed by atoms with Crippen molar-refractivity contribution < 1.29 is 9.53 Å². The fraction of sp³-hybridized carbons (Fsp3) is 0.333. The van der Waals surface area contributed by atoms with Crippen molar-refractivity contribution in [1.29, 1.82) is 0 Å². The molecule has 1 heterocycles. The summed E-state index contributed by atoms with van der Waals surface area (Å²) in [5, 5.41) is 17.7. The van der Waals surface area contributed by atoms with E-state index in [2.05, 4.69) is 26.2 Å². The summed E-state index contributed by atoms with van der Waals surface area (Å²) in [7, 11) is 0. The number of carbonyl (C=O) groups is 1. The van der Waals surface area contributed by atoms with Gasteiger partial charge in [0, 0.05) is 17.8 Å². The van der Waals surface area contributed by atoms with Crippen molar-refractivity contribution in [2.45, 2.75) is 45.4 Å². The molecule has 3 aromatic rings. The lowest BCUT2D eigenvalue weighted by atomic mass is 10.2. The van der Waals surface area contributed by atoms with E-state index in [1.54, 1.807) is 0 Å². The minimum atomic E-state index is -0.268. The van der Waals surface area contributed by atoms with E-state index in [-0.39, 0.29) is 12.1 Å². The Hall–Kier alpha value is -3.42. The van der Waals surface area contributed by atoms with Crippen LogP contribution in [-0.4, -0.2) is 32.3 Å².